The van der Waals surface area contributed by atoms with E-state index in [1.807, 2.05) is 24.3 Å². The van der Waals surface area contributed by atoms with Crippen LogP contribution in [0.5, 0.6) is 0 Å². The molecular weight excluding hydrogens is 386 g/mol. The van der Waals surface area contributed by atoms with Gasteiger partial charge in [0.25, 0.3) is 5.22 Å². The molecule has 0 unspecified atom stereocenters. The van der Waals surface area contributed by atoms with Gasteiger partial charge in [0.1, 0.15) is 0 Å². The maximum absolute atomic E-state index is 12.3. The Morgan fingerprint density at radius 3 is 2.70 bits per heavy atom. The molecule has 27 heavy (non-hydrogen) atoms. The molecule has 0 saturated carbocycles. The number of hydrogen-bond acceptors (Lipinski definition) is 7. The Morgan fingerprint density at radius 2 is 2.07 bits per heavy atom. The van der Waals surface area contributed by atoms with Crippen molar-refractivity contribution in [1.82, 2.24) is 10.2 Å². The van der Waals surface area contributed by atoms with Gasteiger partial charge in [0.15, 0.2) is 9.84 Å². The van der Waals surface area contributed by atoms with Crippen molar-refractivity contribution in [3.63, 3.8) is 0 Å². The fourth-order valence-corrected chi connectivity index (χ4v) is 5.48. The fraction of sp³-hybridized carbons (Fsp3) is 0.500. The third-order valence-electron chi connectivity index (χ3n) is 4.51. The highest BCUT2D eigenvalue weighted by Gasteiger charge is 2.29. The van der Waals surface area contributed by atoms with Gasteiger partial charge in [-0.15, -0.1) is 10.2 Å². The minimum Gasteiger partial charge on any atom is -0.416 e. The van der Waals surface area contributed by atoms with Crippen LogP contribution < -0.4 is 5.32 Å². The molecule has 1 aliphatic heterocycles. The lowest BCUT2D eigenvalue weighted by Gasteiger charge is -2.10. The lowest BCUT2D eigenvalue weighted by atomic mass is 10.1. The minimum absolute atomic E-state index is 0.0279. The second-order valence-corrected chi connectivity index (χ2v) is 10.3. The molecule has 2 heterocycles. The molecule has 1 fully saturated rings. The molecule has 1 amide bonds. The number of amides is 1. The van der Waals surface area contributed by atoms with Gasteiger partial charge in [0, 0.05) is 12.1 Å². The molecule has 0 spiro atoms. The Labute approximate surface area is 163 Å². The van der Waals surface area contributed by atoms with Gasteiger partial charge in [0.2, 0.25) is 11.8 Å². The number of nitrogens with one attached hydrogen (secondary N) is 1. The van der Waals surface area contributed by atoms with Gasteiger partial charge in [-0.3, -0.25) is 4.79 Å². The first-order chi connectivity index (χ1) is 12.8. The van der Waals surface area contributed by atoms with Crippen molar-refractivity contribution in [1.29, 1.82) is 0 Å². The second kappa shape index (κ2) is 8.43. The zero-order valence-electron chi connectivity index (χ0n) is 15.3. The van der Waals surface area contributed by atoms with E-state index >= 15 is 0 Å². The van der Waals surface area contributed by atoms with Gasteiger partial charge < -0.3 is 9.73 Å². The summed E-state index contributed by atoms with van der Waals surface area (Å²) in [6.45, 7) is 3.85. The quantitative estimate of drug-likeness (QED) is 0.702. The average molecular weight is 410 g/mol. The number of anilines is 1. The summed E-state index contributed by atoms with van der Waals surface area (Å²) in [5.74, 6) is 0.700. The summed E-state index contributed by atoms with van der Waals surface area (Å²) in [6.07, 6.45) is 2.03. The molecule has 1 aliphatic rings. The Bertz CT molecular complexity index is 894. The van der Waals surface area contributed by atoms with Crippen molar-refractivity contribution in [2.24, 2.45) is 5.92 Å². The summed E-state index contributed by atoms with van der Waals surface area (Å²) >= 11 is 1.19. The molecule has 146 valence electrons. The summed E-state index contributed by atoms with van der Waals surface area (Å²) in [5.41, 5.74) is 1.96. The van der Waals surface area contributed by atoms with Crippen LogP contribution in [0.1, 0.15) is 31.7 Å². The van der Waals surface area contributed by atoms with E-state index in [0.29, 0.717) is 24.0 Å². The lowest BCUT2D eigenvalue weighted by Crippen LogP contribution is -2.22. The van der Waals surface area contributed by atoms with E-state index < -0.39 is 15.1 Å². The van der Waals surface area contributed by atoms with Crippen molar-refractivity contribution in [3.8, 4) is 0 Å². The van der Waals surface area contributed by atoms with Crippen LogP contribution >= 0.6 is 11.8 Å². The van der Waals surface area contributed by atoms with Gasteiger partial charge in [0.05, 0.1) is 16.8 Å². The minimum atomic E-state index is -2.92. The molecule has 3 rings (SSSR count). The van der Waals surface area contributed by atoms with Gasteiger partial charge >= 0.3 is 0 Å². The van der Waals surface area contributed by atoms with Crippen molar-refractivity contribution < 1.29 is 17.6 Å². The molecule has 1 aromatic carbocycles. The molecule has 0 aliphatic carbocycles. The predicted octanol–water partition coefficient (Wildman–Crippen LogP) is 2.73. The van der Waals surface area contributed by atoms with Crippen molar-refractivity contribution in [2.75, 3.05) is 16.8 Å². The highest BCUT2D eigenvalue weighted by molar-refractivity contribution is 8.00. The highest BCUT2D eigenvalue weighted by atomic mass is 32.2. The first-order valence-corrected chi connectivity index (χ1v) is 11.6. The molecule has 1 N–H and O–H groups in total. The number of aromatic nitrogens is 2. The number of aryl methyl sites for hydroxylation is 1. The van der Waals surface area contributed by atoms with E-state index in [1.165, 1.54) is 17.3 Å². The third-order valence-corrected chi connectivity index (χ3v) is 7.29. The molecular formula is C18H23N3O4S2. The van der Waals surface area contributed by atoms with Crippen LogP contribution in [-0.2, 0) is 27.5 Å². The Morgan fingerprint density at radius 1 is 1.33 bits per heavy atom. The summed E-state index contributed by atoms with van der Waals surface area (Å²) < 4.78 is 28.6. The molecule has 2 atom stereocenters. The van der Waals surface area contributed by atoms with Gasteiger partial charge in [-0.2, -0.15) is 0 Å². The van der Waals surface area contributed by atoms with Crippen LogP contribution in [0.3, 0.4) is 0 Å². The fourth-order valence-electron chi connectivity index (χ4n) is 2.92. The second-order valence-electron chi connectivity index (χ2n) is 6.73. The molecule has 1 saturated heterocycles. The van der Waals surface area contributed by atoms with Crippen LogP contribution in [0.4, 0.5) is 5.69 Å². The van der Waals surface area contributed by atoms with Gasteiger partial charge in [-0.05, 0) is 43.4 Å². The van der Waals surface area contributed by atoms with E-state index in [4.69, 9.17) is 4.42 Å². The topological polar surface area (TPSA) is 102 Å². The molecule has 0 radical (unpaired) electrons. The Balaban J connectivity index is 1.52. The summed E-state index contributed by atoms with van der Waals surface area (Å²) in [4.78, 5) is 12.3. The third kappa shape index (κ3) is 5.55. The standard InChI is InChI=1S/C18H23N3O4S2/c1-3-13-4-6-15(7-5-13)19-17(22)12(2)26-18-21-20-16(25-18)10-14-8-9-27(23,24)11-14/h4-7,12,14H,3,8-11H2,1-2H3,(H,19,22)/t12-,14+/m0/s1. The number of carbonyl (C=O) groups excluding carboxylic acids is 1. The number of thioether (sulfide) groups is 1. The SMILES string of the molecule is CCc1ccc(NC(=O)[C@H](C)Sc2nnc(C[C@H]3CCS(=O)(=O)C3)o2)cc1. The number of carbonyl (C=O) groups is 1. The molecule has 7 nitrogen and oxygen atoms in total. The summed E-state index contributed by atoms with van der Waals surface area (Å²) in [5, 5.41) is 10.7. The first kappa shape index (κ1) is 19.9. The number of nitrogens with zero attached hydrogens (tertiary/aromatic N) is 2. The number of sulfone groups is 1. The van der Waals surface area contributed by atoms with E-state index in [2.05, 4.69) is 22.4 Å². The molecule has 9 heteroatoms. The maximum Gasteiger partial charge on any atom is 0.277 e. The van der Waals surface area contributed by atoms with Crippen LogP contribution in [0.15, 0.2) is 33.9 Å². The number of rotatable bonds is 7. The smallest absolute Gasteiger partial charge is 0.277 e. The zero-order valence-corrected chi connectivity index (χ0v) is 17.0. The van der Waals surface area contributed by atoms with E-state index in [-0.39, 0.29) is 23.3 Å². The van der Waals surface area contributed by atoms with E-state index in [0.717, 1.165) is 12.1 Å². The lowest BCUT2D eigenvalue weighted by molar-refractivity contribution is -0.115. The van der Waals surface area contributed by atoms with Crippen molar-refractivity contribution >= 4 is 33.2 Å². The monoisotopic (exact) mass is 409 g/mol. The van der Waals surface area contributed by atoms with Crippen molar-refractivity contribution in [2.45, 2.75) is 43.6 Å². The first-order valence-electron chi connectivity index (χ1n) is 8.94. The Kier molecular flexibility index (Phi) is 6.21. The molecule has 1 aromatic heterocycles. The largest absolute Gasteiger partial charge is 0.416 e. The number of hydrogen-bond donors (Lipinski definition) is 1. The Hall–Kier alpha value is -1.87. The average Bonchev–Trinajstić information content (AvgIpc) is 3.21. The maximum atomic E-state index is 12.3. The molecule has 2 aromatic rings. The predicted molar refractivity (Wildman–Crippen MR) is 105 cm³/mol. The van der Waals surface area contributed by atoms with Gasteiger partial charge in [-0.25, -0.2) is 8.42 Å². The highest BCUT2D eigenvalue weighted by Crippen LogP contribution is 2.26. The van der Waals surface area contributed by atoms with Crippen LogP contribution in [0.2, 0.25) is 0 Å². The normalized spacial score (nSPS) is 19.7. The van der Waals surface area contributed by atoms with Crippen LogP contribution in [-0.4, -0.2) is 41.3 Å². The molecule has 0 bridgehead atoms. The van der Waals surface area contributed by atoms with E-state index in [1.54, 1.807) is 6.92 Å². The summed E-state index contributed by atoms with van der Waals surface area (Å²) in [6, 6.07) is 7.74. The van der Waals surface area contributed by atoms with E-state index in [9.17, 15) is 13.2 Å². The number of benzene rings is 1. The van der Waals surface area contributed by atoms with Crippen LogP contribution in [0.25, 0.3) is 0 Å². The summed E-state index contributed by atoms with van der Waals surface area (Å²) in [7, 11) is -2.92. The van der Waals surface area contributed by atoms with Crippen LogP contribution in [0, 0.1) is 5.92 Å². The zero-order chi connectivity index (χ0) is 19.4. The van der Waals surface area contributed by atoms with Crippen molar-refractivity contribution in [3.05, 3.63) is 35.7 Å². The van der Waals surface area contributed by atoms with Gasteiger partial charge in [-0.1, -0.05) is 30.8 Å².